The Morgan fingerprint density at radius 1 is 1.06 bits per heavy atom. The molecule has 96 valence electrons. The van der Waals surface area contributed by atoms with Crippen molar-refractivity contribution in [2.75, 3.05) is 53.0 Å². The van der Waals surface area contributed by atoms with Crippen LogP contribution in [0.1, 0.15) is 26.7 Å². The largest absolute Gasteiger partial charge is 0.383 e. The molecule has 0 spiro atoms. The molecule has 1 atom stereocenters. The minimum Gasteiger partial charge on any atom is -0.383 e. The normalized spacial score (nSPS) is 21.2. The predicted octanol–water partition coefficient (Wildman–Crippen LogP) is 1.69. The minimum atomic E-state index is 0.868. The van der Waals surface area contributed by atoms with Crippen LogP contribution in [0.25, 0.3) is 0 Å². The highest BCUT2D eigenvalue weighted by atomic mass is 16.5. The van der Waals surface area contributed by atoms with Crippen molar-refractivity contribution in [3.8, 4) is 0 Å². The SMILES string of the molecule is CCC(C)CCN1CCN(CCOC)CC1. The molecule has 1 fully saturated rings. The zero-order valence-electron chi connectivity index (χ0n) is 11.2. The van der Waals surface area contributed by atoms with Gasteiger partial charge in [0.1, 0.15) is 0 Å². The van der Waals surface area contributed by atoms with E-state index in [0.717, 1.165) is 19.1 Å². The molecule has 0 radical (unpaired) electrons. The molecule has 0 aliphatic carbocycles. The van der Waals surface area contributed by atoms with E-state index in [9.17, 15) is 0 Å². The predicted molar refractivity (Wildman–Crippen MR) is 68.8 cm³/mol. The third-order valence-corrected chi connectivity index (χ3v) is 3.71. The van der Waals surface area contributed by atoms with E-state index in [2.05, 4.69) is 23.6 Å². The second kappa shape index (κ2) is 8.04. The highest BCUT2D eigenvalue weighted by Crippen LogP contribution is 2.09. The molecule has 1 heterocycles. The van der Waals surface area contributed by atoms with Crippen LogP contribution in [0.4, 0.5) is 0 Å². The van der Waals surface area contributed by atoms with Gasteiger partial charge in [-0.15, -0.1) is 0 Å². The maximum Gasteiger partial charge on any atom is 0.0589 e. The zero-order chi connectivity index (χ0) is 11.8. The van der Waals surface area contributed by atoms with Crippen molar-refractivity contribution < 1.29 is 4.74 Å². The molecular weight excluding hydrogens is 200 g/mol. The zero-order valence-corrected chi connectivity index (χ0v) is 11.2. The highest BCUT2D eigenvalue weighted by Gasteiger charge is 2.16. The third-order valence-electron chi connectivity index (χ3n) is 3.71. The number of rotatable bonds is 7. The standard InChI is InChI=1S/C13H28N2O/c1-4-13(2)5-6-14-7-9-15(10-8-14)11-12-16-3/h13H,4-12H2,1-3H3. The Morgan fingerprint density at radius 3 is 2.12 bits per heavy atom. The number of methoxy groups -OCH3 is 1. The third kappa shape index (κ3) is 5.28. The fourth-order valence-electron chi connectivity index (χ4n) is 2.06. The second-order valence-corrected chi connectivity index (χ2v) is 4.98. The first-order chi connectivity index (χ1) is 7.76. The molecule has 1 aliphatic rings. The Kier molecular flexibility index (Phi) is 7.01. The lowest BCUT2D eigenvalue weighted by Crippen LogP contribution is -2.47. The van der Waals surface area contributed by atoms with Crippen LogP contribution in [0.15, 0.2) is 0 Å². The van der Waals surface area contributed by atoms with Gasteiger partial charge in [0.05, 0.1) is 6.61 Å². The van der Waals surface area contributed by atoms with Crippen molar-refractivity contribution >= 4 is 0 Å². The molecule has 3 heteroatoms. The van der Waals surface area contributed by atoms with Crippen LogP contribution >= 0.6 is 0 Å². The van der Waals surface area contributed by atoms with E-state index < -0.39 is 0 Å². The summed E-state index contributed by atoms with van der Waals surface area (Å²) >= 11 is 0. The van der Waals surface area contributed by atoms with Crippen molar-refractivity contribution in [2.24, 2.45) is 5.92 Å². The van der Waals surface area contributed by atoms with Crippen molar-refractivity contribution in [2.45, 2.75) is 26.7 Å². The lowest BCUT2D eigenvalue weighted by atomic mass is 10.0. The quantitative estimate of drug-likeness (QED) is 0.659. The fourth-order valence-corrected chi connectivity index (χ4v) is 2.06. The van der Waals surface area contributed by atoms with Crippen LogP contribution < -0.4 is 0 Å². The smallest absolute Gasteiger partial charge is 0.0589 e. The van der Waals surface area contributed by atoms with Gasteiger partial charge in [-0.05, 0) is 18.9 Å². The summed E-state index contributed by atoms with van der Waals surface area (Å²) in [4.78, 5) is 5.11. The van der Waals surface area contributed by atoms with Gasteiger partial charge >= 0.3 is 0 Å². The van der Waals surface area contributed by atoms with E-state index in [0.29, 0.717) is 0 Å². The fraction of sp³-hybridized carbons (Fsp3) is 1.00. The number of nitrogens with zero attached hydrogens (tertiary/aromatic N) is 2. The Balaban J connectivity index is 2.07. The lowest BCUT2D eigenvalue weighted by Gasteiger charge is -2.34. The minimum absolute atomic E-state index is 0.868. The Bertz CT molecular complexity index is 167. The first-order valence-electron chi connectivity index (χ1n) is 6.70. The highest BCUT2D eigenvalue weighted by molar-refractivity contribution is 4.72. The van der Waals surface area contributed by atoms with Crippen LogP contribution in [0, 0.1) is 5.92 Å². The number of hydrogen-bond donors (Lipinski definition) is 0. The topological polar surface area (TPSA) is 15.7 Å². The van der Waals surface area contributed by atoms with Gasteiger partial charge in [-0.25, -0.2) is 0 Å². The van der Waals surface area contributed by atoms with Crippen LogP contribution in [-0.2, 0) is 4.74 Å². The maximum absolute atomic E-state index is 5.11. The molecule has 0 N–H and O–H groups in total. The maximum atomic E-state index is 5.11. The molecule has 0 bridgehead atoms. The Labute approximate surface area is 101 Å². The van der Waals surface area contributed by atoms with Gasteiger partial charge in [-0.1, -0.05) is 20.3 Å². The Hall–Kier alpha value is -0.120. The van der Waals surface area contributed by atoms with Crippen molar-refractivity contribution in [1.82, 2.24) is 9.80 Å². The van der Waals surface area contributed by atoms with E-state index in [4.69, 9.17) is 4.74 Å². The number of hydrogen-bond acceptors (Lipinski definition) is 3. The van der Waals surface area contributed by atoms with Crippen LogP contribution in [0.5, 0.6) is 0 Å². The van der Waals surface area contributed by atoms with Gasteiger partial charge in [0.25, 0.3) is 0 Å². The molecule has 1 saturated heterocycles. The molecule has 16 heavy (non-hydrogen) atoms. The summed E-state index contributed by atoms with van der Waals surface area (Å²) in [5.41, 5.74) is 0. The monoisotopic (exact) mass is 228 g/mol. The first kappa shape index (κ1) is 13.9. The van der Waals surface area contributed by atoms with Crippen LogP contribution in [0.2, 0.25) is 0 Å². The molecule has 0 aromatic heterocycles. The average molecular weight is 228 g/mol. The molecule has 0 aromatic carbocycles. The van der Waals surface area contributed by atoms with Crippen LogP contribution in [-0.4, -0.2) is 62.8 Å². The van der Waals surface area contributed by atoms with E-state index in [-0.39, 0.29) is 0 Å². The van der Waals surface area contributed by atoms with E-state index in [1.807, 2.05) is 0 Å². The second-order valence-electron chi connectivity index (χ2n) is 4.98. The van der Waals surface area contributed by atoms with Gasteiger partial charge in [0.2, 0.25) is 0 Å². The summed E-state index contributed by atoms with van der Waals surface area (Å²) in [5.74, 6) is 0.881. The van der Waals surface area contributed by atoms with Crippen molar-refractivity contribution in [3.05, 3.63) is 0 Å². The molecule has 0 amide bonds. The summed E-state index contributed by atoms with van der Waals surface area (Å²) in [6.45, 7) is 12.8. The first-order valence-corrected chi connectivity index (χ1v) is 6.70. The summed E-state index contributed by atoms with van der Waals surface area (Å²) < 4.78 is 5.11. The summed E-state index contributed by atoms with van der Waals surface area (Å²) in [7, 11) is 1.78. The average Bonchev–Trinajstić information content (AvgIpc) is 2.34. The molecule has 3 nitrogen and oxygen atoms in total. The van der Waals surface area contributed by atoms with E-state index in [1.165, 1.54) is 45.6 Å². The van der Waals surface area contributed by atoms with Crippen molar-refractivity contribution in [3.63, 3.8) is 0 Å². The summed E-state index contributed by atoms with van der Waals surface area (Å²) in [6, 6.07) is 0. The lowest BCUT2D eigenvalue weighted by molar-refractivity contribution is 0.0944. The summed E-state index contributed by atoms with van der Waals surface area (Å²) in [5, 5.41) is 0. The number of ether oxygens (including phenoxy) is 1. The van der Waals surface area contributed by atoms with Gasteiger partial charge in [-0.3, -0.25) is 4.90 Å². The van der Waals surface area contributed by atoms with Gasteiger partial charge in [0.15, 0.2) is 0 Å². The molecule has 1 unspecified atom stereocenters. The van der Waals surface area contributed by atoms with Gasteiger partial charge < -0.3 is 9.64 Å². The molecule has 1 aliphatic heterocycles. The molecule has 0 saturated carbocycles. The van der Waals surface area contributed by atoms with E-state index >= 15 is 0 Å². The molecule has 1 rings (SSSR count). The molecular formula is C13H28N2O. The Morgan fingerprint density at radius 2 is 1.62 bits per heavy atom. The van der Waals surface area contributed by atoms with Gasteiger partial charge in [-0.2, -0.15) is 0 Å². The van der Waals surface area contributed by atoms with Crippen molar-refractivity contribution in [1.29, 1.82) is 0 Å². The number of piperazine rings is 1. The van der Waals surface area contributed by atoms with Crippen LogP contribution in [0.3, 0.4) is 0 Å². The molecule has 0 aromatic rings. The van der Waals surface area contributed by atoms with Gasteiger partial charge in [0, 0.05) is 39.8 Å². The summed E-state index contributed by atoms with van der Waals surface area (Å²) in [6.07, 6.45) is 2.67. The van der Waals surface area contributed by atoms with E-state index in [1.54, 1.807) is 7.11 Å².